The minimum Gasteiger partial charge on any atom is -0.390 e. The SMILES string of the molecule is CC(O)(CC(O)C(C)(C)O)CC1CCC2(O)C3=CC(=O)C4CC(O)C(O)CC4(C)C3CCC12C. The molecule has 10 atom stereocenters. The molecule has 0 heterocycles. The molecule has 0 saturated heterocycles. The van der Waals surface area contributed by atoms with E-state index in [1.165, 1.54) is 13.8 Å². The van der Waals surface area contributed by atoms with Gasteiger partial charge in [0, 0.05) is 17.8 Å². The van der Waals surface area contributed by atoms with Crippen LogP contribution in [0.2, 0.25) is 0 Å². The third kappa shape index (κ3) is 3.91. The topological polar surface area (TPSA) is 138 Å². The summed E-state index contributed by atoms with van der Waals surface area (Å²) in [4.78, 5) is 13.2. The number of hydrogen-bond donors (Lipinski definition) is 6. The Morgan fingerprint density at radius 1 is 1.06 bits per heavy atom. The Morgan fingerprint density at radius 3 is 2.32 bits per heavy atom. The molecule has 194 valence electrons. The fourth-order valence-electron chi connectivity index (χ4n) is 8.09. The highest BCUT2D eigenvalue weighted by Gasteiger charge is 2.66. The number of ketones is 1. The van der Waals surface area contributed by atoms with Crippen LogP contribution in [0, 0.1) is 28.6 Å². The van der Waals surface area contributed by atoms with Gasteiger partial charge in [-0.2, -0.15) is 0 Å². The molecule has 34 heavy (non-hydrogen) atoms. The molecule has 0 aromatic heterocycles. The summed E-state index contributed by atoms with van der Waals surface area (Å²) in [5.41, 5.74) is -3.97. The van der Waals surface area contributed by atoms with Crippen LogP contribution in [0.1, 0.15) is 86.0 Å². The largest absolute Gasteiger partial charge is 0.390 e. The van der Waals surface area contributed by atoms with Crippen molar-refractivity contribution in [3.05, 3.63) is 11.6 Å². The van der Waals surface area contributed by atoms with Gasteiger partial charge >= 0.3 is 0 Å². The van der Waals surface area contributed by atoms with Crippen molar-refractivity contribution in [3.8, 4) is 0 Å². The van der Waals surface area contributed by atoms with Gasteiger partial charge in [-0.05, 0) is 94.6 Å². The Bertz CT molecular complexity index is 860. The highest BCUT2D eigenvalue weighted by Crippen LogP contribution is 2.67. The molecular weight excluding hydrogens is 436 g/mol. The van der Waals surface area contributed by atoms with Crippen LogP contribution in [0.15, 0.2) is 11.6 Å². The number of carbonyl (C=O) groups is 1. The molecule has 0 bridgehead atoms. The summed E-state index contributed by atoms with van der Waals surface area (Å²) in [5.74, 6) is -0.468. The molecule has 4 aliphatic rings. The lowest BCUT2D eigenvalue weighted by Gasteiger charge is -2.60. The molecule has 0 aromatic carbocycles. The van der Waals surface area contributed by atoms with Crippen LogP contribution in [0.4, 0.5) is 0 Å². The van der Waals surface area contributed by atoms with E-state index in [0.29, 0.717) is 25.7 Å². The van der Waals surface area contributed by atoms with E-state index < -0.39 is 45.9 Å². The first-order chi connectivity index (χ1) is 15.4. The lowest BCUT2D eigenvalue weighted by Crippen LogP contribution is -2.60. The third-order valence-corrected chi connectivity index (χ3v) is 10.4. The number of allylic oxidation sites excluding steroid dienone is 1. The van der Waals surface area contributed by atoms with Crippen LogP contribution in [0.5, 0.6) is 0 Å². The third-order valence-electron chi connectivity index (χ3n) is 10.4. The molecule has 6 N–H and O–H groups in total. The molecule has 0 aromatic rings. The maximum Gasteiger partial charge on any atom is 0.159 e. The highest BCUT2D eigenvalue weighted by atomic mass is 16.3. The predicted molar refractivity (Wildman–Crippen MR) is 127 cm³/mol. The van der Waals surface area contributed by atoms with Crippen molar-refractivity contribution in [2.75, 3.05) is 0 Å². The van der Waals surface area contributed by atoms with Gasteiger partial charge in [0.1, 0.15) is 0 Å². The fraction of sp³-hybridized carbons (Fsp3) is 0.889. The number of aliphatic hydroxyl groups is 6. The van der Waals surface area contributed by atoms with E-state index in [1.807, 2.05) is 6.92 Å². The molecule has 7 nitrogen and oxygen atoms in total. The van der Waals surface area contributed by atoms with Crippen molar-refractivity contribution in [2.24, 2.45) is 28.6 Å². The maximum atomic E-state index is 13.2. The van der Waals surface area contributed by atoms with Gasteiger partial charge in [-0.1, -0.05) is 13.8 Å². The molecule has 3 fully saturated rings. The van der Waals surface area contributed by atoms with Crippen LogP contribution >= 0.6 is 0 Å². The highest BCUT2D eigenvalue weighted by molar-refractivity contribution is 5.95. The first-order valence-corrected chi connectivity index (χ1v) is 12.9. The zero-order valence-electron chi connectivity index (χ0n) is 21.3. The Kier molecular flexibility index (Phi) is 6.24. The van der Waals surface area contributed by atoms with Crippen molar-refractivity contribution < 1.29 is 35.4 Å². The summed E-state index contributed by atoms with van der Waals surface area (Å²) in [6.07, 6.45) is 2.51. The van der Waals surface area contributed by atoms with E-state index in [9.17, 15) is 35.4 Å². The lowest BCUT2D eigenvalue weighted by atomic mass is 9.46. The van der Waals surface area contributed by atoms with Gasteiger partial charge in [0.15, 0.2) is 5.78 Å². The molecule has 3 saturated carbocycles. The van der Waals surface area contributed by atoms with Gasteiger partial charge < -0.3 is 30.6 Å². The number of aliphatic hydroxyl groups excluding tert-OH is 3. The average Bonchev–Trinajstić information content (AvgIpc) is 2.94. The summed E-state index contributed by atoms with van der Waals surface area (Å²) in [6, 6.07) is 0. The number of rotatable bonds is 5. The molecule has 7 heteroatoms. The molecule has 0 radical (unpaired) electrons. The fourth-order valence-corrected chi connectivity index (χ4v) is 8.09. The number of hydrogen-bond acceptors (Lipinski definition) is 7. The molecular formula is C27H44O7. The molecule has 0 aliphatic heterocycles. The monoisotopic (exact) mass is 480 g/mol. The molecule has 0 amide bonds. The van der Waals surface area contributed by atoms with E-state index >= 15 is 0 Å². The second-order valence-corrected chi connectivity index (χ2v) is 13.3. The summed E-state index contributed by atoms with van der Waals surface area (Å²) >= 11 is 0. The van der Waals surface area contributed by atoms with Crippen LogP contribution in [-0.4, -0.2) is 71.5 Å². The van der Waals surface area contributed by atoms with Gasteiger partial charge in [0.25, 0.3) is 0 Å². The zero-order valence-corrected chi connectivity index (χ0v) is 21.3. The minimum atomic E-state index is -1.32. The zero-order chi connectivity index (χ0) is 25.5. The standard InChI is InChI=1S/C27H44O7/c1-23(2,32)22(31)14-24(3,33)12-15-6-9-27(34)17-10-19(28)18-11-20(29)21(30)13-25(18,4)16(17)7-8-26(15,27)5/h10,15-16,18,20-22,29-34H,6-9,11-14H2,1-5H3. The van der Waals surface area contributed by atoms with E-state index in [1.54, 1.807) is 13.0 Å². The van der Waals surface area contributed by atoms with E-state index in [2.05, 4.69) is 6.92 Å². The Labute approximate surface area is 202 Å². The van der Waals surface area contributed by atoms with E-state index in [4.69, 9.17) is 0 Å². The Morgan fingerprint density at radius 2 is 1.71 bits per heavy atom. The summed E-state index contributed by atoms with van der Waals surface area (Å²) in [6.45, 7) is 8.81. The molecule has 0 spiro atoms. The summed E-state index contributed by atoms with van der Waals surface area (Å²) < 4.78 is 0. The second-order valence-electron chi connectivity index (χ2n) is 13.3. The Hall–Kier alpha value is -0.830. The quantitative estimate of drug-likeness (QED) is 0.353. The minimum absolute atomic E-state index is 0.0113. The molecule has 4 aliphatic carbocycles. The van der Waals surface area contributed by atoms with Crippen molar-refractivity contribution >= 4 is 5.78 Å². The average molecular weight is 481 g/mol. The lowest BCUT2D eigenvalue weighted by molar-refractivity contribution is -0.154. The van der Waals surface area contributed by atoms with E-state index in [0.717, 1.165) is 18.4 Å². The number of fused-ring (bicyclic) bond motifs is 5. The first kappa shape index (κ1) is 26.2. The normalized spacial score (nSPS) is 47.2. The van der Waals surface area contributed by atoms with Crippen molar-refractivity contribution in [1.82, 2.24) is 0 Å². The van der Waals surface area contributed by atoms with Gasteiger partial charge in [0.2, 0.25) is 0 Å². The van der Waals surface area contributed by atoms with Crippen LogP contribution in [-0.2, 0) is 4.79 Å². The smallest absolute Gasteiger partial charge is 0.159 e. The van der Waals surface area contributed by atoms with Gasteiger partial charge in [-0.25, -0.2) is 0 Å². The van der Waals surface area contributed by atoms with Gasteiger partial charge in [-0.15, -0.1) is 0 Å². The predicted octanol–water partition coefficient (Wildman–Crippen LogP) is 1.85. The van der Waals surface area contributed by atoms with Crippen molar-refractivity contribution in [3.63, 3.8) is 0 Å². The van der Waals surface area contributed by atoms with Gasteiger partial charge in [0.05, 0.1) is 35.1 Å². The summed E-state index contributed by atoms with van der Waals surface area (Å²) in [5, 5.41) is 64.5. The molecule has 4 rings (SSSR count). The number of carbonyl (C=O) groups excluding carboxylic acids is 1. The van der Waals surface area contributed by atoms with Crippen molar-refractivity contribution in [2.45, 2.75) is 121 Å². The first-order valence-electron chi connectivity index (χ1n) is 12.9. The van der Waals surface area contributed by atoms with Gasteiger partial charge in [-0.3, -0.25) is 4.79 Å². The van der Waals surface area contributed by atoms with Crippen LogP contribution in [0.25, 0.3) is 0 Å². The van der Waals surface area contributed by atoms with Crippen molar-refractivity contribution in [1.29, 1.82) is 0 Å². The summed E-state index contributed by atoms with van der Waals surface area (Å²) in [7, 11) is 0. The maximum absolute atomic E-state index is 13.2. The van der Waals surface area contributed by atoms with E-state index in [-0.39, 0.29) is 36.4 Å². The van der Waals surface area contributed by atoms with Crippen LogP contribution < -0.4 is 0 Å². The Balaban J connectivity index is 1.62. The molecule has 10 unspecified atom stereocenters. The second kappa shape index (κ2) is 8.09. The van der Waals surface area contributed by atoms with Crippen LogP contribution in [0.3, 0.4) is 0 Å².